The van der Waals surface area contributed by atoms with Crippen LogP contribution in [0.15, 0.2) is 12.2 Å². The Bertz CT molecular complexity index is 1140. The van der Waals surface area contributed by atoms with E-state index in [0.29, 0.717) is 19.3 Å². The number of rotatable bonds is 3. The number of allylic oxidation sites excluding steroid dienone is 1. The molecule has 214 valence electrons. The van der Waals surface area contributed by atoms with Crippen LogP contribution in [0.1, 0.15) is 83.1 Å². The van der Waals surface area contributed by atoms with Crippen molar-refractivity contribution >= 4 is 23.9 Å². The number of aromatic nitrogens is 3. The molecule has 3 aliphatic rings. The molecule has 1 unspecified atom stereocenters. The van der Waals surface area contributed by atoms with Gasteiger partial charge in [0, 0.05) is 18.9 Å². The first kappa shape index (κ1) is 28.6. The van der Waals surface area contributed by atoms with Crippen molar-refractivity contribution in [3.05, 3.63) is 23.5 Å². The standard InChI is InChI=1S/C27H40N6O6/c1-16-17(2)31-33(30-16)19-13-21-22(34)29-27(24(36)37)14-18(27)11-9-7-6-8-10-12-20(23(35)32(21)15-19)28-25(38)39-26(3,4)5/h9,11,18-21H,6-8,10,12-15H2,1-5H3,(H,28,38)(H,29,34)(H,36,37)/b11-9-/t18-,19?,20+,21+,27-/m1/s1. The molecule has 4 rings (SSSR count). The SMILES string of the molecule is Cc1nn(C2C[C@H]3C(=O)N[C@]4(C(=O)O)C[C@H]4/C=C\CCCCC[C@H](NC(=O)OC(C)(C)C)C(=O)N3C2)nc1C. The molecule has 1 aromatic heterocycles. The maximum absolute atomic E-state index is 14.0. The first-order valence-electron chi connectivity index (χ1n) is 13.7. The van der Waals surface area contributed by atoms with E-state index in [9.17, 15) is 24.3 Å². The van der Waals surface area contributed by atoms with Crippen molar-refractivity contribution in [1.82, 2.24) is 30.5 Å². The number of ether oxygens (including phenoxy) is 1. The monoisotopic (exact) mass is 544 g/mol. The van der Waals surface area contributed by atoms with Crippen LogP contribution in [0.25, 0.3) is 0 Å². The Labute approximate surface area is 228 Å². The van der Waals surface area contributed by atoms with Gasteiger partial charge in [-0.15, -0.1) is 0 Å². The number of carboxylic acids is 1. The van der Waals surface area contributed by atoms with E-state index in [1.54, 1.807) is 20.8 Å². The maximum Gasteiger partial charge on any atom is 0.408 e. The molecule has 39 heavy (non-hydrogen) atoms. The highest BCUT2D eigenvalue weighted by molar-refractivity contribution is 5.96. The summed E-state index contributed by atoms with van der Waals surface area (Å²) in [6, 6.07) is -2.22. The van der Waals surface area contributed by atoms with Crippen molar-refractivity contribution in [3.8, 4) is 0 Å². The highest BCUT2D eigenvalue weighted by Crippen LogP contribution is 2.45. The number of hydrogen-bond acceptors (Lipinski definition) is 7. The zero-order valence-corrected chi connectivity index (χ0v) is 23.4. The van der Waals surface area contributed by atoms with Crippen molar-refractivity contribution in [2.24, 2.45) is 5.92 Å². The Balaban J connectivity index is 1.64. The number of fused-ring (bicyclic) bond motifs is 2. The third-order valence-corrected chi connectivity index (χ3v) is 7.68. The molecule has 1 saturated carbocycles. The van der Waals surface area contributed by atoms with Gasteiger partial charge in [0.15, 0.2) is 0 Å². The molecular weight excluding hydrogens is 504 g/mol. The highest BCUT2D eigenvalue weighted by atomic mass is 16.6. The minimum atomic E-state index is -1.38. The lowest BCUT2D eigenvalue weighted by atomic mass is 10.0. The first-order valence-corrected chi connectivity index (χ1v) is 13.7. The molecule has 0 aromatic carbocycles. The number of carbonyl (C=O) groups is 4. The van der Waals surface area contributed by atoms with Gasteiger partial charge in [0.2, 0.25) is 11.8 Å². The van der Waals surface area contributed by atoms with E-state index >= 15 is 0 Å². The molecule has 3 N–H and O–H groups in total. The number of carboxylic acid groups (broad SMARTS) is 1. The molecule has 2 fully saturated rings. The van der Waals surface area contributed by atoms with Gasteiger partial charge in [-0.1, -0.05) is 25.0 Å². The fourth-order valence-electron chi connectivity index (χ4n) is 5.33. The van der Waals surface area contributed by atoms with Crippen LogP contribution in [0.3, 0.4) is 0 Å². The zero-order valence-electron chi connectivity index (χ0n) is 23.4. The molecule has 5 atom stereocenters. The second-order valence-corrected chi connectivity index (χ2v) is 11.9. The van der Waals surface area contributed by atoms with Crippen molar-refractivity contribution in [3.63, 3.8) is 0 Å². The average Bonchev–Trinajstić information content (AvgIpc) is 3.17. The molecule has 1 saturated heterocycles. The molecule has 0 bridgehead atoms. The van der Waals surface area contributed by atoms with E-state index in [1.165, 1.54) is 9.70 Å². The quantitative estimate of drug-likeness (QED) is 0.490. The summed E-state index contributed by atoms with van der Waals surface area (Å²) >= 11 is 0. The summed E-state index contributed by atoms with van der Waals surface area (Å²) in [6.45, 7) is 9.06. The molecule has 12 heteroatoms. The molecule has 2 aliphatic heterocycles. The summed E-state index contributed by atoms with van der Waals surface area (Å²) in [5.74, 6) is -2.33. The van der Waals surface area contributed by atoms with Gasteiger partial charge in [-0.25, -0.2) is 9.59 Å². The van der Waals surface area contributed by atoms with E-state index in [0.717, 1.165) is 30.7 Å². The van der Waals surface area contributed by atoms with Crippen LogP contribution in [-0.2, 0) is 19.1 Å². The minimum Gasteiger partial charge on any atom is -0.479 e. The Morgan fingerprint density at radius 3 is 2.49 bits per heavy atom. The van der Waals surface area contributed by atoms with Gasteiger partial charge >= 0.3 is 12.1 Å². The average molecular weight is 545 g/mol. The number of aryl methyl sites for hydroxylation is 2. The predicted octanol–water partition coefficient (Wildman–Crippen LogP) is 2.41. The summed E-state index contributed by atoms with van der Waals surface area (Å²) in [5.41, 5.74) is -0.631. The first-order chi connectivity index (χ1) is 18.3. The Morgan fingerprint density at radius 2 is 1.85 bits per heavy atom. The summed E-state index contributed by atoms with van der Waals surface area (Å²) in [7, 11) is 0. The molecule has 3 heterocycles. The van der Waals surface area contributed by atoms with Gasteiger partial charge in [0.1, 0.15) is 23.2 Å². The fourth-order valence-corrected chi connectivity index (χ4v) is 5.33. The number of nitrogens with zero attached hydrogens (tertiary/aromatic N) is 4. The van der Waals surface area contributed by atoms with E-state index in [4.69, 9.17) is 4.74 Å². The molecular formula is C27H40N6O6. The van der Waals surface area contributed by atoms with Gasteiger partial charge in [0.05, 0.1) is 17.4 Å². The lowest BCUT2D eigenvalue weighted by Gasteiger charge is -2.30. The third kappa shape index (κ3) is 6.42. The number of hydrogen-bond donors (Lipinski definition) is 3. The Hall–Kier alpha value is -3.44. The number of amides is 3. The fraction of sp³-hybridized carbons (Fsp3) is 0.704. The van der Waals surface area contributed by atoms with Crippen LogP contribution in [-0.4, -0.2) is 78.6 Å². The molecule has 0 radical (unpaired) electrons. The largest absolute Gasteiger partial charge is 0.479 e. The van der Waals surface area contributed by atoms with Crippen LogP contribution in [0.2, 0.25) is 0 Å². The second kappa shape index (κ2) is 11.0. The van der Waals surface area contributed by atoms with Gasteiger partial charge in [0.25, 0.3) is 0 Å². The van der Waals surface area contributed by atoms with Crippen LogP contribution in [0.4, 0.5) is 4.79 Å². The van der Waals surface area contributed by atoms with Crippen LogP contribution < -0.4 is 10.6 Å². The smallest absolute Gasteiger partial charge is 0.408 e. The predicted molar refractivity (Wildman–Crippen MR) is 141 cm³/mol. The lowest BCUT2D eigenvalue weighted by Crippen LogP contribution is -2.56. The van der Waals surface area contributed by atoms with Crippen LogP contribution in [0, 0.1) is 19.8 Å². The van der Waals surface area contributed by atoms with Gasteiger partial charge in [-0.2, -0.15) is 15.0 Å². The lowest BCUT2D eigenvalue weighted by molar-refractivity contribution is -0.145. The summed E-state index contributed by atoms with van der Waals surface area (Å²) < 4.78 is 5.41. The highest BCUT2D eigenvalue weighted by Gasteiger charge is 2.61. The van der Waals surface area contributed by atoms with E-state index in [-0.39, 0.29) is 24.9 Å². The Kier molecular flexibility index (Phi) is 8.04. The van der Waals surface area contributed by atoms with Crippen LogP contribution >= 0.6 is 0 Å². The number of alkyl carbamates (subject to hydrolysis) is 1. The molecule has 1 aliphatic carbocycles. The normalized spacial score (nSPS) is 30.7. The van der Waals surface area contributed by atoms with Crippen molar-refractivity contribution in [2.75, 3.05) is 6.54 Å². The molecule has 1 aromatic rings. The van der Waals surface area contributed by atoms with E-state index in [1.807, 2.05) is 26.0 Å². The summed E-state index contributed by atoms with van der Waals surface area (Å²) in [6.07, 6.45) is 7.20. The van der Waals surface area contributed by atoms with Gasteiger partial charge in [-0.3, -0.25) is 9.59 Å². The molecule has 0 spiro atoms. The number of nitrogens with one attached hydrogen (secondary N) is 2. The zero-order chi connectivity index (χ0) is 28.5. The topological polar surface area (TPSA) is 156 Å². The minimum absolute atomic E-state index is 0.153. The Morgan fingerprint density at radius 1 is 1.15 bits per heavy atom. The van der Waals surface area contributed by atoms with Crippen LogP contribution in [0.5, 0.6) is 0 Å². The van der Waals surface area contributed by atoms with Crippen molar-refractivity contribution in [1.29, 1.82) is 0 Å². The van der Waals surface area contributed by atoms with E-state index < -0.39 is 47.1 Å². The molecule has 3 amide bonds. The third-order valence-electron chi connectivity index (χ3n) is 7.68. The summed E-state index contributed by atoms with van der Waals surface area (Å²) in [5, 5.41) is 24.4. The number of carbonyl (C=O) groups excluding carboxylic acids is 3. The van der Waals surface area contributed by atoms with Gasteiger partial charge in [-0.05, 0) is 60.3 Å². The molecule has 12 nitrogen and oxygen atoms in total. The second-order valence-electron chi connectivity index (χ2n) is 11.9. The summed E-state index contributed by atoms with van der Waals surface area (Å²) in [4.78, 5) is 55.4. The van der Waals surface area contributed by atoms with Crippen molar-refractivity contribution in [2.45, 2.75) is 109 Å². The van der Waals surface area contributed by atoms with Crippen molar-refractivity contribution < 1.29 is 29.0 Å². The van der Waals surface area contributed by atoms with Gasteiger partial charge < -0.3 is 25.4 Å². The number of aliphatic carboxylic acids is 1. The van der Waals surface area contributed by atoms with E-state index in [2.05, 4.69) is 20.8 Å². The maximum atomic E-state index is 14.0.